The van der Waals surface area contributed by atoms with Crippen LogP contribution in [-0.4, -0.2) is 18.0 Å². The van der Waals surface area contributed by atoms with E-state index in [1.54, 1.807) is 0 Å². The molecule has 0 saturated carbocycles. The van der Waals surface area contributed by atoms with Gasteiger partial charge in [0, 0.05) is 19.6 Å². The van der Waals surface area contributed by atoms with Gasteiger partial charge in [0.15, 0.2) is 0 Å². The molecule has 1 aromatic carbocycles. The third-order valence-electron chi connectivity index (χ3n) is 3.48. The SMILES string of the molecule is C[C@H]1C[C@H](C)CN(Cc2ccccc2C#N)C1. The number of hydrogen-bond acceptors (Lipinski definition) is 2. The molecule has 0 amide bonds. The van der Waals surface area contributed by atoms with E-state index in [-0.39, 0.29) is 0 Å². The standard InChI is InChI=1S/C15H20N2/c1-12-7-13(2)10-17(9-12)11-15-6-4-3-5-14(15)8-16/h3-6,12-13H,7,9-11H2,1-2H3/t12-,13-/m0/s1. The highest BCUT2D eigenvalue weighted by Crippen LogP contribution is 2.23. The number of nitriles is 1. The normalized spacial score (nSPS) is 25.5. The van der Waals surface area contributed by atoms with Crippen LogP contribution < -0.4 is 0 Å². The number of hydrogen-bond donors (Lipinski definition) is 0. The van der Waals surface area contributed by atoms with E-state index >= 15 is 0 Å². The van der Waals surface area contributed by atoms with Crippen LogP contribution in [0.4, 0.5) is 0 Å². The predicted octanol–water partition coefficient (Wildman–Crippen LogP) is 3.04. The van der Waals surface area contributed by atoms with Gasteiger partial charge < -0.3 is 0 Å². The summed E-state index contributed by atoms with van der Waals surface area (Å²) in [7, 11) is 0. The summed E-state index contributed by atoms with van der Waals surface area (Å²) in [6.07, 6.45) is 1.33. The molecule has 2 atom stereocenters. The first-order valence-electron chi connectivity index (χ1n) is 6.39. The zero-order chi connectivity index (χ0) is 12.3. The summed E-state index contributed by atoms with van der Waals surface area (Å²) >= 11 is 0. The van der Waals surface area contributed by atoms with E-state index in [4.69, 9.17) is 5.26 Å². The zero-order valence-corrected chi connectivity index (χ0v) is 10.7. The van der Waals surface area contributed by atoms with Crippen molar-refractivity contribution < 1.29 is 0 Å². The molecule has 2 heteroatoms. The number of piperidine rings is 1. The van der Waals surface area contributed by atoms with E-state index in [9.17, 15) is 0 Å². The maximum atomic E-state index is 9.08. The van der Waals surface area contributed by atoms with Gasteiger partial charge in [0.1, 0.15) is 0 Å². The summed E-state index contributed by atoms with van der Waals surface area (Å²) in [5, 5.41) is 9.08. The van der Waals surface area contributed by atoms with Crippen molar-refractivity contribution in [1.82, 2.24) is 4.90 Å². The maximum Gasteiger partial charge on any atom is 0.0995 e. The number of nitrogens with zero attached hydrogens (tertiary/aromatic N) is 2. The summed E-state index contributed by atoms with van der Waals surface area (Å²) in [5.41, 5.74) is 1.98. The average Bonchev–Trinajstić information content (AvgIpc) is 2.28. The van der Waals surface area contributed by atoms with Crippen LogP contribution in [0.15, 0.2) is 24.3 Å². The van der Waals surface area contributed by atoms with Gasteiger partial charge in [-0.1, -0.05) is 32.0 Å². The molecule has 2 rings (SSSR count). The van der Waals surface area contributed by atoms with Crippen LogP contribution >= 0.6 is 0 Å². The Kier molecular flexibility index (Phi) is 3.81. The van der Waals surface area contributed by atoms with Crippen LogP contribution in [0.1, 0.15) is 31.4 Å². The highest BCUT2D eigenvalue weighted by molar-refractivity contribution is 5.37. The average molecular weight is 228 g/mol. The van der Waals surface area contributed by atoms with Crippen LogP contribution in [0.5, 0.6) is 0 Å². The van der Waals surface area contributed by atoms with Crippen molar-refractivity contribution in [3.05, 3.63) is 35.4 Å². The molecule has 17 heavy (non-hydrogen) atoms. The number of likely N-dealkylation sites (tertiary alicyclic amines) is 1. The molecule has 0 aromatic heterocycles. The van der Waals surface area contributed by atoms with Crippen molar-refractivity contribution in [2.75, 3.05) is 13.1 Å². The molecule has 0 aliphatic carbocycles. The molecule has 0 unspecified atom stereocenters. The van der Waals surface area contributed by atoms with Gasteiger partial charge in [-0.05, 0) is 29.9 Å². The van der Waals surface area contributed by atoms with Gasteiger partial charge in [-0.3, -0.25) is 4.90 Å². The molecule has 0 bridgehead atoms. The highest BCUT2D eigenvalue weighted by Gasteiger charge is 2.22. The Bertz CT molecular complexity index is 409. The second-order valence-electron chi connectivity index (χ2n) is 5.41. The minimum Gasteiger partial charge on any atom is -0.299 e. The Hall–Kier alpha value is -1.33. The molecule has 0 N–H and O–H groups in total. The first kappa shape index (κ1) is 12.1. The second kappa shape index (κ2) is 5.33. The fourth-order valence-corrected chi connectivity index (χ4v) is 2.93. The topological polar surface area (TPSA) is 27.0 Å². The molecule has 2 nitrogen and oxygen atoms in total. The number of benzene rings is 1. The van der Waals surface area contributed by atoms with Gasteiger partial charge in [0.05, 0.1) is 11.6 Å². The van der Waals surface area contributed by atoms with E-state index in [1.807, 2.05) is 18.2 Å². The van der Waals surface area contributed by atoms with Crippen molar-refractivity contribution >= 4 is 0 Å². The van der Waals surface area contributed by atoms with Gasteiger partial charge in [-0.2, -0.15) is 5.26 Å². The van der Waals surface area contributed by atoms with Gasteiger partial charge in [0.2, 0.25) is 0 Å². The van der Waals surface area contributed by atoms with Crippen molar-refractivity contribution in [3.63, 3.8) is 0 Å². The molecular weight excluding hydrogens is 208 g/mol. The monoisotopic (exact) mass is 228 g/mol. The first-order chi connectivity index (χ1) is 8.19. The Morgan fingerprint density at radius 3 is 2.53 bits per heavy atom. The lowest BCUT2D eigenvalue weighted by Gasteiger charge is -2.35. The largest absolute Gasteiger partial charge is 0.299 e. The maximum absolute atomic E-state index is 9.08. The lowest BCUT2D eigenvalue weighted by atomic mass is 9.91. The van der Waals surface area contributed by atoms with Gasteiger partial charge in [-0.25, -0.2) is 0 Å². The Balaban J connectivity index is 2.08. The minimum absolute atomic E-state index is 0.771. The van der Waals surface area contributed by atoms with Crippen molar-refractivity contribution in [2.45, 2.75) is 26.8 Å². The lowest BCUT2D eigenvalue weighted by molar-refractivity contribution is 0.134. The third kappa shape index (κ3) is 3.08. The fourth-order valence-electron chi connectivity index (χ4n) is 2.93. The molecule has 1 saturated heterocycles. The number of rotatable bonds is 2. The Morgan fingerprint density at radius 2 is 1.88 bits per heavy atom. The summed E-state index contributed by atoms with van der Waals surface area (Å²) in [6, 6.07) is 10.2. The third-order valence-corrected chi connectivity index (χ3v) is 3.48. The van der Waals surface area contributed by atoms with Crippen LogP contribution in [0.25, 0.3) is 0 Å². The molecule has 1 heterocycles. The smallest absolute Gasteiger partial charge is 0.0995 e. The van der Waals surface area contributed by atoms with E-state index in [0.717, 1.165) is 42.6 Å². The predicted molar refractivity (Wildman–Crippen MR) is 69.4 cm³/mol. The summed E-state index contributed by atoms with van der Waals surface area (Å²) in [4.78, 5) is 2.48. The highest BCUT2D eigenvalue weighted by atomic mass is 15.1. The van der Waals surface area contributed by atoms with Crippen molar-refractivity contribution in [2.24, 2.45) is 11.8 Å². The molecule has 1 aliphatic heterocycles. The molecule has 90 valence electrons. The molecule has 1 fully saturated rings. The Morgan fingerprint density at radius 1 is 1.24 bits per heavy atom. The summed E-state index contributed by atoms with van der Waals surface area (Å²) in [5.74, 6) is 1.54. The fraction of sp³-hybridized carbons (Fsp3) is 0.533. The summed E-state index contributed by atoms with van der Waals surface area (Å²) in [6.45, 7) is 7.87. The van der Waals surface area contributed by atoms with Gasteiger partial charge in [0.25, 0.3) is 0 Å². The minimum atomic E-state index is 0.771. The lowest BCUT2D eigenvalue weighted by Crippen LogP contribution is -2.38. The summed E-state index contributed by atoms with van der Waals surface area (Å²) < 4.78 is 0. The van der Waals surface area contributed by atoms with Gasteiger partial charge in [-0.15, -0.1) is 0 Å². The van der Waals surface area contributed by atoms with Crippen LogP contribution in [0.3, 0.4) is 0 Å². The zero-order valence-electron chi connectivity index (χ0n) is 10.7. The van der Waals surface area contributed by atoms with E-state index < -0.39 is 0 Å². The first-order valence-corrected chi connectivity index (χ1v) is 6.39. The molecular formula is C15H20N2. The van der Waals surface area contributed by atoms with Crippen LogP contribution in [-0.2, 0) is 6.54 Å². The van der Waals surface area contributed by atoms with E-state index in [0.29, 0.717) is 0 Å². The molecule has 0 spiro atoms. The molecule has 1 aromatic rings. The van der Waals surface area contributed by atoms with E-state index in [1.165, 1.54) is 6.42 Å². The van der Waals surface area contributed by atoms with Crippen LogP contribution in [0.2, 0.25) is 0 Å². The quantitative estimate of drug-likeness (QED) is 0.778. The van der Waals surface area contributed by atoms with E-state index in [2.05, 4.69) is 30.9 Å². The second-order valence-corrected chi connectivity index (χ2v) is 5.41. The van der Waals surface area contributed by atoms with Crippen molar-refractivity contribution in [3.8, 4) is 6.07 Å². The Labute approximate surface area is 104 Å². The molecule has 1 aliphatic rings. The van der Waals surface area contributed by atoms with Gasteiger partial charge >= 0.3 is 0 Å². The van der Waals surface area contributed by atoms with Crippen molar-refractivity contribution in [1.29, 1.82) is 5.26 Å². The van der Waals surface area contributed by atoms with Crippen LogP contribution in [0, 0.1) is 23.2 Å². The molecule has 0 radical (unpaired) electrons.